The fraction of sp³-hybridized carbons (Fsp3) is 0. The van der Waals surface area contributed by atoms with Crippen LogP contribution in [-0.2, 0) is 0 Å². The molecule has 1 aromatic heterocycles. The first-order valence-corrected chi connectivity index (χ1v) is 20.4. The van der Waals surface area contributed by atoms with Gasteiger partial charge in [0.05, 0.1) is 11.4 Å². The van der Waals surface area contributed by atoms with Gasteiger partial charge in [-0.05, 0) is 85.0 Å². The minimum Gasteiger partial charge on any atom is -0.228 e. The van der Waals surface area contributed by atoms with E-state index < -0.39 is 0 Å². The summed E-state index contributed by atoms with van der Waals surface area (Å²) >= 11 is 0. The minimum absolute atomic E-state index is 0.707. The van der Waals surface area contributed by atoms with Crippen molar-refractivity contribution >= 4 is 0 Å². The van der Waals surface area contributed by atoms with Gasteiger partial charge in [-0.25, -0.2) is 9.97 Å². The van der Waals surface area contributed by atoms with Crippen molar-refractivity contribution in [1.82, 2.24) is 9.97 Å². The molecule has 282 valence electrons. The molecule has 0 radical (unpaired) electrons. The van der Waals surface area contributed by atoms with Gasteiger partial charge in [-0.2, -0.15) is 0 Å². The molecule has 0 amide bonds. The Labute approximate surface area is 351 Å². The number of aromatic nitrogens is 2. The summed E-state index contributed by atoms with van der Waals surface area (Å²) in [7, 11) is 0. The van der Waals surface area contributed by atoms with Crippen molar-refractivity contribution in [3.63, 3.8) is 0 Å². The van der Waals surface area contributed by atoms with E-state index in [9.17, 15) is 0 Å². The molecule has 60 heavy (non-hydrogen) atoms. The van der Waals surface area contributed by atoms with Crippen LogP contribution in [0.1, 0.15) is 0 Å². The van der Waals surface area contributed by atoms with E-state index in [1.165, 1.54) is 50.1 Å². The van der Waals surface area contributed by atoms with Gasteiger partial charge in [0.1, 0.15) is 0 Å². The first kappa shape index (κ1) is 36.4. The van der Waals surface area contributed by atoms with Crippen molar-refractivity contribution in [2.45, 2.75) is 0 Å². The van der Waals surface area contributed by atoms with Gasteiger partial charge in [0.15, 0.2) is 5.82 Å². The van der Waals surface area contributed by atoms with Crippen LogP contribution in [0.5, 0.6) is 0 Å². The van der Waals surface area contributed by atoms with Crippen molar-refractivity contribution < 1.29 is 0 Å². The summed E-state index contributed by atoms with van der Waals surface area (Å²) in [6.07, 6.45) is 0. The van der Waals surface area contributed by atoms with Crippen molar-refractivity contribution in [3.05, 3.63) is 243 Å². The lowest BCUT2D eigenvalue weighted by molar-refractivity contribution is 1.18. The highest BCUT2D eigenvalue weighted by Gasteiger charge is 2.23. The molecule has 0 aliphatic rings. The first-order valence-electron chi connectivity index (χ1n) is 20.4. The standard InChI is InChI=1S/C58H40N2/c1-7-20-42(21-8-1)51-39-52(56(46-26-13-4-14-27-46)57(47-28-15-5-16-29-47)55(51)45-24-11-3-12-25-45)43-36-34-41(35-37-43)49-32-19-33-50(38-49)54-40-53(44-22-9-2-10-23-44)59-58(60-54)48-30-17-6-18-31-48/h1-40H. The van der Waals surface area contributed by atoms with Crippen LogP contribution in [-0.4, -0.2) is 9.97 Å². The van der Waals surface area contributed by atoms with Crippen molar-refractivity contribution in [1.29, 1.82) is 0 Å². The third kappa shape index (κ3) is 7.35. The number of rotatable bonds is 9. The van der Waals surface area contributed by atoms with Crippen molar-refractivity contribution in [3.8, 4) is 101 Å². The average molecular weight is 765 g/mol. The van der Waals surface area contributed by atoms with E-state index in [1.807, 2.05) is 24.3 Å². The van der Waals surface area contributed by atoms with Crippen LogP contribution in [0, 0.1) is 0 Å². The molecule has 10 rings (SSSR count). The Morgan fingerprint density at radius 2 is 0.550 bits per heavy atom. The summed E-state index contributed by atoms with van der Waals surface area (Å²) < 4.78 is 0. The molecule has 1 heterocycles. The molecule has 0 aliphatic carbocycles. The van der Waals surface area contributed by atoms with Gasteiger partial charge in [0, 0.05) is 16.7 Å². The SMILES string of the molecule is c1ccc(-c2cc(-c3cccc(-c4ccc(-c5cc(-c6ccccc6)c(-c6ccccc6)c(-c6ccccc6)c5-c5ccccc5)cc4)c3)nc(-c3ccccc3)n2)cc1. The van der Waals surface area contributed by atoms with Crippen LogP contribution < -0.4 is 0 Å². The molecule has 2 nitrogen and oxygen atoms in total. The van der Waals surface area contributed by atoms with Crippen LogP contribution in [0.2, 0.25) is 0 Å². The molecule has 0 unspecified atom stereocenters. The van der Waals surface area contributed by atoms with Crippen molar-refractivity contribution in [2.24, 2.45) is 0 Å². The van der Waals surface area contributed by atoms with Gasteiger partial charge in [-0.3, -0.25) is 0 Å². The molecule has 0 aliphatic heterocycles. The average Bonchev–Trinajstić information content (AvgIpc) is 3.35. The topological polar surface area (TPSA) is 25.8 Å². The Morgan fingerprint density at radius 1 is 0.200 bits per heavy atom. The summed E-state index contributed by atoms with van der Waals surface area (Å²) in [4.78, 5) is 10.1. The maximum Gasteiger partial charge on any atom is 0.160 e. The zero-order valence-corrected chi connectivity index (χ0v) is 33.0. The van der Waals surface area contributed by atoms with E-state index >= 15 is 0 Å². The normalized spacial score (nSPS) is 11.0. The first-order chi connectivity index (χ1) is 29.8. The van der Waals surface area contributed by atoms with Crippen LogP contribution >= 0.6 is 0 Å². The Bertz CT molecular complexity index is 2960. The summed E-state index contributed by atoms with van der Waals surface area (Å²) in [5, 5.41) is 0. The van der Waals surface area contributed by atoms with E-state index in [4.69, 9.17) is 9.97 Å². The molecule has 0 saturated carbocycles. The van der Waals surface area contributed by atoms with E-state index in [0.717, 1.165) is 44.8 Å². The Hall–Kier alpha value is -7.94. The zero-order chi connectivity index (χ0) is 40.1. The Balaban J connectivity index is 1.13. The maximum atomic E-state index is 5.11. The quantitative estimate of drug-likeness (QED) is 0.146. The summed E-state index contributed by atoms with van der Waals surface area (Å²) in [6, 6.07) is 86.2. The van der Waals surface area contributed by atoms with Crippen LogP contribution in [0.4, 0.5) is 0 Å². The summed E-state index contributed by atoms with van der Waals surface area (Å²) in [6.45, 7) is 0. The number of benzene rings is 9. The lowest BCUT2D eigenvalue weighted by atomic mass is 9.79. The predicted molar refractivity (Wildman–Crippen MR) is 251 cm³/mol. The molecular formula is C58H40N2. The van der Waals surface area contributed by atoms with E-state index in [2.05, 4.69) is 218 Å². The Kier molecular flexibility index (Phi) is 10.0. The van der Waals surface area contributed by atoms with Gasteiger partial charge < -0.3 is 0 Å². The second-order valence-corrected chi connectivity index (χ2v) is 14.9. The third-order valence-electron chi connectivity index (χ3n) is 11.1. The third-order valence-corrected chi connectivity index (χ3v) is 11.1. The van der Waals surface area contributed by atoms with Gasteiger partial charge in [-0.15, -0.1) is 0 Å². The van der Waals surface area contributed by atoms with E-state index in [-0.39, 0.29) is 0 Å². The minimum atomic E-state index is 0.707. The lowest BCUT2D eigenvalue weighted by Crippen LogP contribution is -1.98. The zero-order valence-electron chi connectivity index (χ0n) is 33.0. The fourth-order valence-electron chi connectivity index (χ4n) is 8.23. The predicted octanol–water partition coefficient (Wildman–Crippen LogP) is 15.5. The molecule has 0 N–H and O–H groups in total. The van der Waals surface area contributed by atoms with Gasteiger partial charge >= 0.3 is 0 Å². The highest BCUT2D eigenvalue weighted by Crippen LogP contribution is 2.50. The lowest BCUT2D eigenvalue weighted by Gasteiger charge is -2.24. The number of nitrogens with zero attached hydrogens (tertiary/aromatic N) is 2. The molecule has 2 heteroatoms. The molecule has 0 saturated heterocycles. The van der Waals surface area contributed by atoms with Crippen LogP contribution in [0.25, 0.3) is 101 Å². The monoisotopic (exact) mass is 764 g/mol. The summed E-state index contributed by atoms with van der Waals surface area (Å²) in [5.41, 5.74) is 19.0. The Morgan fingerprint density at radius 3 is 1.05 bits per heavy atom. The maximum absolute atomic E-state index is 5.11. The van der Waals surface area contributed by atoms with Gasteiger partial charge in [0.25, 0.3) is 0 Å². The summed E-state index contributed by atoms with van der Waals surface area (Å²) in [5.74, 6) is 0.707. The number of hydrogen-bond acceptors (Lipinski definition) is 2. The van der Waals surface area contributed by atoms with Crippen LogP contribution in [0.15, 0.2) is 243 Å². The fourth-order valence-corrected chi connectivity index (χ4v) is 8.23. The number of hydrogen-bond donors (Lipinski definition) is 0. The van der Waals surface area contributed by atoms with E-state index in [0.29, 0.717) is 5.82 Å². The highest BCUT2D eigenvalue weighted by molar-refractivity contribution is 6.07. The van der Waals surface area contributed by atoms with Gasteiger partial charge in [0.2, 0.25) is 0 Å². The second kappa shape index (κ2) is 16.5. The molecule has 0 spiro atoms. The highest BCUT2D eigenvalue weighted by atomic mass is 14.9. The van der Waals surface area contributed by atoms with Gasteiger partial charge in [-0.1, -0.05) is 224 Å². The molecule has 0 bridgehead atoms. The van der Waals surface area contributed by atoms with E-state index in [1.54, 1.807) is 0 Å². The molecule has 0 fully saturated rings. The largest absolute Gasteiger partial charge is 0.228 e. The smallest absolute Gasteiger partial charge is 0.160 e. The molecule has 9 aromatic carbocycles. The molecular weight excluding hydrogens is 725 g/mol. The van der Waals surface area contributed by atoms with Crippen molar-refractivity contribution in [2.75, 3.05) is 0 Å². The molecule has 0 atom stereocenters. The van der Waals surface area contributed by atoms with Crippen LogP contribution in [0.3, 0.4) is 0 Å². The molecule has 10 aromatic rings. The second-order valence-electron chi connectivity index (χ2n) is 14.9.